The van der Waals surface area contributed by atoms with Crippen molar-refractivity contribution in [2.75, 3.05) is 12.5 Å². The lowest BCUT2D eigenvalue weighted by atomic mass is 9.65. The molecule has 2 aromatic carbocycles. The lowest BCUT2D eigenvalue weighted by Gasteiger charge is -2.35. The van der Waals surface area contributed by atoms with Gasteiger partial charge in [-0.05, 0) is 49.1 Å². The van der Waals surface area contributed by atoms with Crippen LogP contribution in [0, 0.1) is 5.82 Å². The van der Waals surface area contributed by atoms with Gasteiger partial charge in [-0.15, -0.1) is 23.5 Å². The van der Waals surface area contributed by atoms with Crippen molar-refractivity contribution in [2.24, 2.45) is 0 Å². The fraction of sp³-hybridized carbons (Fsp3) is 0.238. The number of halogens is 2. The molecule has 0 N–H and O–H groups in total. The molecule has 2 aromatic rings. The second-order valence-corrected chi connectivity index (χ2v) is 8.83. The van der Waals surface area contributed by atoms with E-state index in [9.17, 15) is 14.0 Å². The predicted molar refractivity (Wildman–Crippen MR) is 112 cm³/mol. The van der Waals surface area contributed by atoms with Gasteiger partial charge in [0.1, 0.15) is 5.82 Å². The molecular formula is C21H18ClFO2S2. The maximum Gasteiger partial charge on any atom is 0.198 e. The van der Waals surface area contributed by atoms with Crippen LogP contribution < -0.4 is 0 Å². The number of Topliss-reactive ketones (excluding diaryl/α,β-unsaturated/α-hetero) is 2. The van der Waals surface area contributed by atoms with Crippen LogP contribution in [0.2, 0.25) is 5.02 Å². The molecule has 1 unspecified atom stereocenters. The van der Waals surface area contributed by atoms with E-state index in [1.54, 1.807) is 24.3 Å². The Kier molecular flexibility index (Phi) is 5.84. The summed E-state index contributed by atoms with van der Waals surface area (Å²) in [5, 5.41) is 0.0217. The van der Waals surface area contributed by atoms with Crippen molar-refractivity contribution in [3.8, 4) is 0 Å². The summed E-state index contributed by atoms with van der Waals surface area (Å²) in [5.41, 5.74) is 1.30. The average Bonchev–Trinajstić information content (AvgIpc) is 2.67. The number of allylic oxidation sites excluding steroid dienone is 1. The minimum atomic E-state index is -0.933. The Morgan fingerprint density at radius 2 is 1.78 bits per heavy atom. The third-order valence-corrected chi connectivity index (χ3v) is 7.28. The molecule has 0 spiro atoms. The highest BCUT2D eigenvalue weighted by Gasteiger charge is 2.46. The van der Waals surface area contributed by atoms with Crippen molar-refractivity contribution in [2.45, 2.75) is 18.8 Å². The van der Waals surface area contributed by atoms with Crippen LogP contribution in [0.15, 0.2) is 52.3 Å². The van der Waals surface area contributed by atoms with Gasteiger partial charge in [0.15, 0.2) is 11.6 Å². The van der Waals surface area contributed by atoms with Gasteiger partial charge in [0.2, 0.25) is 0 Å². The molecule has 140 valence electrons. The number of benzene rings is 2. The summed E-state index contributed by atoms with van der Waals surface area (Å²) in [6.45, 7) is 1.84. The maximum atomic E-state index is 13.5. The summed E-state index contributed by atoms with van der Waals surface area (Å²) in [6, 6.07) is 11.7. The Morgan fingerprint density at radius 3 is 2.41 bits per heavy atom. The van der Waals surface area contributed by atoms with E-state index in [-0.39, 0.29) is 22.2 Å². The second-order valence-electron chi connectivity index (χ2n) is 6.53. The highest BCUT2D eigenvalue weighted by atomic mass is 35.5. The Bertz CT molecular complexity index is 964. The molecule has 0 saturated carbocycles. The Hall–Kier alpha value is -1.56. The number of carbonyl (C=O) groups excluding carboxylic acids is 2. The summed E-state index contributed by atoms with van der Waals surface area (Å²) >= 11 is 8.73. The molecule has 0 amide bonds. The summed E-state index contributed by atoms with van der Waals surface area (Å²) in [7, 11) is 0. The first kappa shape index (κ1) is 20.2. The van der Waals surface area contributed by atoms with Crippen molar-refractivity contribution in [1.82, 2.24) is 0 Å². The number of hydrogen-bond acceptors (Lipinski definition) is 4. The van der Waals surface area contributed by atoms with Gasteiger partial charge in [-0.2, -0.15) is 0 Å². The van der Waals surface area contributed by atoms with E-state index in [4.69, 9.17) is 11.6 Å². The van der Waals surface area contributed by atoms with E-state index in [0.29, 0.717) is 21.8 Å². The Morgan fingerprint density at radius 1 is 1.11 bits per heavy atom. The third kappa shape index (κ3) is 3.48. The molecule has 27 heavy (non-hydrogen) atoms. The van der Waals surface area contributed by atoms with Crippen LogP contribution in [-0.4, -0.2) is 24.1 Å². The predicted octanol–water partition coefficient (Wildman–Crippen LogP) is 5.68. The molecular weight excluding hydrogens is 403 g/mol. The van der Waals surface area contributed by atoms with E-state index in [1.165, 1.54) is 29.6 Å². The summed E-state index contributed by atoms with van der Waals surface area (Å²) < 4.78 is 14.3. The minimum Gasteiger partial charge on any atom is -0.293 e. The smallest absolute Gasteiger partial charge is 0.198 e. The lowest BCUT2D eigenvalue weighted by Crippen LogP contribution is -2.43. The van der Waals surface area contributed by atoms with E-state index < -0.39 is 11.2 Å². The van der Waals surface area contributed by atoms with E-state index in [0.717, 1.165) is 5.56 Å². The molecule has 0 aromatic heterocycles. The van der Waals surface area contributed by atoms with Crippen molar-refractivity contribution in [1.29, 1.82) is 0 Å². The van der Waals surface area contributed by atoms with Gasteiger partial charge >= 0.3 is 0 Å². The Labute approximate surface area is 171 Å². The average molecular weight is 421 g/mol. The highest BCUT2D eigenvalue weighted by molar-refractivity contribution is 8.21. The molecule has 0 bridgehead atoms. The zero-order valence-electron chi connectivity index (χ0n) is 15.1. The molecule has 1 aliphatic carbocycles. The second kappa shape index (κ2) is 7.82. The van der Waals surface area contributed by atoms with Gasteiger partial charge in [-0.3, -0.25) is 9.59 Å². The molecule has 0 fully saturated rings. The first-order valence-electron chi connectivity index (χ1n) is 8.28. The number of ketones is 2. The molecule has 0 radical (unpaired) electrons. The van der Waals surface area contributed by atoms with Crippen LogP contribution >= 0.6 is 35.1 Å². The van der Waals surface area contributed by atoms with Gasteiger partial charge in [-0.25, -0.2) is 4.39 Å². The molecule has 0 heterocycles. The zero-order valence-corrected chi connectivity index (χ0v) is 17.5. The molecule has 1 atom stereocenters. The largest absolute Gasteiger partial charge is 0.293 e. The third-order valence-electron chi connectivity index (χ3n) is 4.84. The topological polar surface area (TPSA) is 34.1 Å². The summed E-state index contributed by atoms with van der Waals surface area (Å²) in [6.07, 6.45) is 4.05. The quantitative estimate of drug-likeness (QED) is 0.470. The zero-order chi connectivity index (χ0) is 19.8. The minimum absolute atomic E-state index is 0.0217. The van der Waals surface area contributed by atoms with Gasteiger partial charge in [0, 0.05) is 5.56 Å². The standard InChI is InChI=1S/C21H18ClFO2S2/c1-21(11-12-8-9-16(23)15(22)10-12)14-7-5-4-6-13(14)18(24)17(19(21)25)20(26-2)27-3/h4-10H,11H2,1-3H3. The van der Waals surface area contributed by atoms with E-state index in [2.05, 4.69) is 0 Å². The number of rotatable bonds is 4. The normalized spacial score (nSPS) is 19.2. The van der Waals surface area contributed by atoms with Crippen LogP contribution in [0.4, 0.5) is 4.39 Å². The Balaban J connectivity index is 2.21. The fourth-order valence-corrected chi connectivity index (χ4v) is 5.15. The molecule has 0 aliphatic heterocycles. The van der Waals surface area contributed by atoms with Crippen LogP contribution in [0.3, 0.4) is 0 Å². The molecule has 6 heteroatoms. The summed E-state index contributed by atoms with van der Waals surface area (Å²) in [5.74, 6) is -0.932. The van der Waals surface area contributed by atoms with Crippen molar-refractivity contribution in [3.63, 3.8) is 0 Å². The molecule has 3 rings (SSSR count). The maximum absolute atomic E-state index is 13.5. The molecule has 1 aliphatic rings. The first-order chi connectivity index (χ1) is 12.8. The van der Waals surface area contributed by atoms with E-state index in [1.807, 2.05) is 31.6 Å². The fourth-order valence-electron chi connectivity index (χ4n) is 3.50. The summed E-state index contributed by atoms with van der Waals surface area (Å²) in [4.78, 5) is 26.6. The number of thioether (sulfide) groups is 2. The highest BCUT2D eigenvalue weighted by Crippen LogP contribution is 2.43. The van der Waals surface area contributed by atoms with Crippen molar-refractivity contribution >= 4 is 46.7 Å². The monoisotopic (exact) mass is 420 g/mol. The van der Waals surface area contributed by atoms with Gasteiger partial charge in [0.05, 0.1) is 20.2 Å². The van der Waals surface area contributed by atoms with Crippen LogP contribution in [0.25, 0.3) is 0 Å². The number of carbonyl (C=O) groups is 2. The first-order valence-corrected chi connectivity index (χ1v) is 11.1. The van der Waals surface area contributed by atoms with Gasteiger partial charge in [0.25, 0.3) is 0 Å². The number of hydrogen-bond donors (Lipinski definition) is 0. The molecule has 2 nitrogen and oxygen atoms in total. The van der Waals surface area contributed by atoms with E-state index >= 15 is 0 Å². The van der Waals surface area contributed by atoms with Crippen molar-refractivity contribution < 1.29 is 14.0 Å². The van der Waals surface area contributed by atoms with Gasteiger partial charge in [-0.1, -0.05) is 41.9 Å². The number of fused-ring (bicyclic) bond motifs is 1. The van der Waals surface area contributed by atoms with Crippen LogP contribution in [0.1, 0.15) is 28.4 Å². The lowest BCUT2D eigenvalue weighted by molar-refractivity contribution is -0.120. The SMILES string of the molecule is CSC(SC)=C1C(=O)c2ccccc2C(C)(Cc2ccc(F)c(Cl)c2)C1=O. The van der Waals surface area contributed by atoms with Gasteiger partial charge < -0.3 is 0 Å². The van der Waals surface area contributed by atoms with Crippen LogP contribution in [0.5, 0.6) is 0 Å². The van der Waals surface area contributed by atoms with Crippen molar-refractivity contribution in [3.05, 3.63) is 79.8 Å². The molecule has 0 saturated heterocycles. The van der Waals surface area contributed by atoms with Crippen LogP contribution in [-0.2, 0) is 16.6 Å².